The minimum absolute atomic E-state index is 0.207. The number of aryl methyl sites for hydroxylation is 1. The fourth-order valence-corrected chi connectivity index (χ4v) is 3.09. The van der Waals surface area contributed by atoms with E-state index in [1.807, 2.05) is 19.2 Å². The number of hydrogen-bond donors (Lipinski definition) is 1. The van der Waals surface area contributed by atoms with Gasteiger partial charge in [-0.05, 0) is 56.0 Å². The second-order valence-electron chi connectivity index (χ2n) is 6.31. The molecule has 4 nitrogen and oxygen atoms in total. The number of aromatic nitrogens is 1. The summed E-state index contributed by atoms with van der Waals surface area (Å²) in [6.45, 7) is 4.59. The van der Waals surface area contributed by atoms with Gasteiger partial charge in [-0.25, -0.2) is 4.39 Å². The van der Waals surface area contributed by atoms with E-state index in [1.165, 1.54) is 17.8 Å². The molecule has 0 spiro atoms. The molecule has 0 unspecified atom stereocenters. The minimum atomic E-state index is -0.386. The first kappa shape index (κ1) is 16.4. The van der Waals surface area contributed by atoms with Gasteiger partial charge in [0.05, 0.1) is 0 Å². The van der Waals surface area contributed by atoms with Gasteiger partial charge in [0.15, 0.2) is 0 Å². The van der Waals surface area contributed by atoms with E-state index >= 15 is 0 Å². The zero-order valence-corrected chi connectivity index (χ0v) is 13.8. The maximum atomic E-state index is 13.2. The van der Waals surface area contributed by atoms with Crippen molar-refractivity contribution in [3.63, 3.8) is 0 Å². The third-order valence-electron chi connectivity index (χ3n) is 4.50. The van der Waals surface area contributed by atoms with Crippen LogP contribution in [0.15, 0.2) is 42.6 Å². The average molecular weight is 327 g/mol. The van der Waals surface area contributed by atoms with E-state index in [-0.39, 0.29) is 11.7 Å². The molecule has 2 heterocycles. The Labute approximate surface area is 141 Å². The SMILES string of the molecule is Cc1cc(N2CCC(CNC(=O)c3cccc(F)c3)CC2)ccn1. The molecule has 24 heavy (non-hydrogen) atoms. The lowest BCUT2D eigenvalue weighted by Gasteiger charge is -2.33. The molecule has 0 radical (unpaired) electrons. The van der Waals surface area contributed by atoms with Gasteiger partial charge < -0.3 is 10.2 Å². The molecule has 1 saturated heterocycles. The molecule has 1 aromatic heterocycles. The molecule has 5 heteroatoms. The molecule has 0 saturated carbocycles. The van der Waals surface area contributed by atoms with Gasteiger partial charge in [0.2, 0.25) is 0 Å². The van der Waals surface area contributed by atoms with E-state index in [0.717, 1.165) is 31.6 Å². The number of pyridine rings is 1. The van der Waals surface area contributed by atoms with Crippen LogP contribution in [0.3, 0.4) is 0 Å². The Morgan fingerprint density at radius 3 is 2.79 bits per heavy atom. The highest BCUT2D eigenvalue weighted by Gasteiger charge is 2.20. The molecule has 0 aliphatic carbocycles. The van der Waals surface area contributed by atoms with Crippen LogP contribution >= 0.6 is 0 Å². The van der Waals surface area contributed by atoms with Crippen molar-refractivity contribution >= 4 is 11.6 Å². The molecule has 2 aromatic rings. The number of anilines is 1. The zero-order valence-electron chi connectivity index (χ0n) is 13.8. The Kier molecular flexibility index (Phi) is 5.08. The van der Waals surface area contributed by atoms with Crippen LogP contribution in [-0.2, 0) is 0 Å². The van der Waals surface area contributed by atoms with Crippen LogP contribution in [0.1, 0.15) is 28.9 Å². The Bertz CT molecular complexity index is 711. The van der Waals surface area contributed by atoms with Crippen LogP contribution in [0.5, 0.6) is 0 Å². The second-order valence-corrected chi connectivity index (χ2v) is 6.31. The quantitative estimate of drug-likeness (QED) is 0.938. The summed E-state index contributed by atoms with van der Waals surface area (Å²) in [5.74, 6) is -0.132. The highest BCUT2D eigenvalue weighted by atomic mass is 19.1. The summed E-state index contributed by atoms with van der Waals surface area (Å²) in [4.78, 5) is 18.7. The molecule has 126 valence electrons. The number of nitrogens with zero attached hydrogens (tertiary/aromatic N) is 2. The predicted octanol–water partition coefficient (Wildman–Crippen LogP) is 3.18. The molecule has 1 amide bonds. The van der Waals surface area contributed by atoms with Crippen LogP contribution in [-0.4, -0.2) is 30.5 Å². The summed E-state index contributed by atoms with van der Waals surface area (Å²) in [6, 6.07) is 9.94. The lowest BCUT2D eigenvalue weighted by Crippen LogP contribution is -2.38. The Balaban J connectivity index is 1.48. The highest BCUT2D eigenvalue weighted by Crippen LogP contribution is 2.23. The van der Waals surface area contributed by atoms with Crippen LogP contribution in [0, 0.1) is 18.7 Å². The number of benzene rings is 1. The number of hydrogen-bond acceptors (Lipinski definition) is 3. The molecule has 0 atom stereocenters. The summed E-state index contributed by atoms with van der Waals surface area (Å²) in [5.41, 5.74) is 2.61. The fourth-order valence-electron chi connectivity index (χ4n) is 3.09. The van der Waals surface area contributed by atoms with Gasteiger partial charge in [-0.1, -0.05) is 6.07 Å². The van der Waals surface area contributed by atoms with E-state index < -0.39 is 0 Å². The van der Waals surface area contributed by atoms with E-state index in [4.69, 9.17) is 0 Å². The smallest absolute Gasteiger partial charge is 0.251 e. The van der Waals surface area contributed by atoms with E-state index in [9.17, 15) is 9.18 Å². The van der Waals surface area contributed by atoms with Crippen molar-refractivity contribution in [1.82, 2.24) is 10.3 Å². The van der Waals surface area contributed by atoms with Crippen LogP contribution in [0.2, 0.25) is 0 Å². The standard InChI is InChI=1S/C19H22FN3O/c1-14-11-18(5-8-21-14)23-9-6-15(7-10-23)13-22-19(24)16-3-2-4-17(20)12-16/h2-5,8,11-12,15H,6-7,9-10,13H2,1H3,(H,22,24). The lowest BCUT2D eigenvalue weighted by molar-refractivity contribution is 0.0944. The van der Waals surface area contributed by atoms with Crippen molar-refractivity contribution < 1.29 is 9.18 Å². The molecular weight excluding hydrogens is 305 g/mol. The minimum Gasteiger partial charge on any atom is -0.371 e. The summed E-state index contributed by atoms with van der Waals surface area (Å²) in [7, 11) is 0. The van der Waals surface area contributed by atoms with Crippen molar-refractivity contribution in [2.24, 2.45) is 5.92 Å². The Hall–Kier alpha value is -2.43. The summed E-state index contributed by atoms with van der Waals surface area (Å²) >= 11 is 0. The van der Waals surface area contributed by atoms with Crippen LogP contribution in [0.4, 0.5) is 10.1 Å². The van der Waals surface area contributed by atoms with Gasteiger partial charge in [0.1, 0.15) is 5.82 Å². The topological polar surface area (TPSA) is 45.2 Å². The first-order valence-corrected chi connectivity index (χ1v) is 8.33. The molecule has 1 N–H and O–H groups in total. The van der Waals surface area contributed by atoms with Gasteiger partial charge in [-0.15, -0.1) is 0 Å². The van der Waals surface area contributed by atoms with Gasteiger partial charge in [-0.3, -0.25) is 9.78 Å². The lowest BCUT2D eigenvalue weighted by atomic mass is 9.96. The summed E-state index contributed by atoms with van der Waals surface area (Å²) in [6.07, 6.45) is 3.91. The van der Waals surface area contributed by atoms with Crippen molar-refractivity contribution in [1.29, 1.82) is 0 Å². The third-order valence-corrected chi connectivity index (χ3v) is 4.50. The van der Waals surface area contributed by atoms with Crippen molar-refractivity contribution in [3.8, 4) is 0 Å². The van der Waals surface area contributed by atoms with Crippen LogP contribution < -0.4 is 10.2 Å². The molecule has 1 aromatic carbocycles. The molecular formula is C19H22FN3O. The largest absolute Gasteiger partial charge is 0.371 e. The third kappa shape index (κ3) is 4.10. The van der Waals surface area contributed by atoms with Crippen LogP contribution in [0.25, 0.3) is 0 Å². The maximum Gasteiger partial charge on any atom is 0.251 e. The number of carbonyl (C=O) groups excluding carboxylic acids is 1. The number of amides is 1. The second kappa shape index (κ2) is 7.43. The van der Waals surface area contributed by atoms with E-state index in [1.54, 1.807) is 12.1 Å². The normalized spacial score (nSPS) is 15.3. The van der Waals surface area contributed by atoms with Crippen molar-refractivity contribution in [2.75, 3.05) is 24.5 Å². The maximum absolute atomic E-state index is 13.2. The van der Waals surface area contributed by atoms with E-state index in [2.05, 4.69) is 21.3 Å². The van der Waals surface area contributed by atoms with Crippen molar-refractivity contribution in [3.05, 3.63) is 59.7 Å². The van der Waals surface area contributed by atoms with Gasteiger partial charge in [0, 0.05) is 42.8 Å². The number of halogens is 1. The van der Waals surface area contributed by atoms with Gasteiger partial charge in [-0.2, -0.15) is 0 Å². The fraction of sp³-hybridized carbons (Fsp3) is 0.368. The van der Waals surface area contributed by atoms with Crippen molar-refractivity contribution in [2.45, 2.75) is 19.8 Å². The highest BCUT2D eigenvalue weighted by molar-refractivity contribution is 5.94. The summed E-state index contributed by atoms with van der Waals surface area (Å²) in [5, 5.41) is 2.93. The number of rotatable bonds is 4. The van der Waals surface area contributed by atoms with Gasteiger partial charge >= 0.3 is 0 Å². The van der Waals surface area contributed by atoms with E-state index in [0.29, 0.717) is 18.0 Å². The number of carbonyl (C=O) groups is 1. The number of nitrogens with one attached hydrogen (secondary N) is 1. The molecule has 0 bridgehead atoms. The molecule has 1 aliphatic heterocycles. The molecule has 3 rings (SSSR count). The first-order chi connectivity index (χ1) is 11.6. The Morgan fingerprint density at radius 1 is 1.29 bits per heavy atom. The zero-order chi connectivity index (χ0) is 16.9. The Morgan fingerprint density at radius 2 is 2.08 bits per heavy atom. The molecule has 1 fully saturated rings. The molecule has 1 aliphatic rings. The van der Waals surface area contributed by atoms with Gasteiger partial charge in [0.25, 0.3) is 5.91 Å². The monoisotopic (exact) mass is 327 g/mol. The summed E-state index contributed by atoms with van der Waals surface area (Å²) < 4.78 is 13.2. The predicted molar refractivity (Wildman–Crippen MR) is 92.6 cm³/mol. The average Bonchev–Trinajstić information content (AvgIpc) is 2.60. The first-order valence-electron chi connectivity index (χ1n) is 8.33. The number of piperidine rings is 1.